The summed E-state index contributed by atoms with van der Waals surface area (Å²) in [6, 6.07) is 18.9. The van der Waals surface area contributed by atoms with Gasteiger partial charge in [0.25, 0.3) is 0 Å². The van der Waals surface area contributed by atoms with Crippen LogP contribution in [0.4, 0.5) is 13.2 Å². The molecule has 0 aliphatic carbocycles. The third-order valence-corrected chi connectivity index (χ3v) is 4.36. The Morgan fingerprint density at radius 1 is 0.964 bits per heavy atom. The Morgan fingerprint density at radius 2 is 1.57 bits per heavy atom. The number of fused-ring (bicyclic) bond motifs is 1. The Kier molecular flexibility index (Phi) is 5.23. The summed E-state index contributed by atoms with van der Waals surface area (Å²) < 4.78 is 42.7. The molecule has 3 aromatic rings. The molecule has 0 radical (unpaired) electrons. The second-order valence-electron chi connectivity index (χ2n) is 6.06. The molecule has 2 atom stereocenters. The van der Waals surface area contributed by atoms with Gasteiger partial charge in [-0.25, -0.2) is 0 Å². The number of ether oxygens (including phenoxy) is 1. The number of benzene rings is 3. The van der Waals surface area contributed by atoms with Gasteiger partial charge >= 0.3 is 6.36 Å². The summed E-state index contributed by atoms with van der Waals surface area (Å²) in [5.41, 5.74) is 0.332. The molecule has 0 amide bonds. The van der Waals surface area contributed by atoms with Crippen molar-refractivity contribution in [2.24, 2.45) is 5.92 Å². The van der Waals surface area contributed by atoms with E-state index in [1.807, 2.05) is 0 Å². The monoisotopic (exact) mass is 384 g/mol. The molecule has 0 bridgehead atoms. The summed E-state index contributed by atoms with van der Waals surface area (Å²) in [4.78, 5) is 11.7. The molecule has 0 saturated carbocycles. The zero-order valence-electron chi connectivity index (χ0n) is 14.3. The zero-order chi connectivity index (χ0) is 20.3. The van der Waals surface area contributed by atoms with E-state index in [-0.39, 0.29) is 5.56 Å². The van der Waals surface area contributed by atoms with Gasteiger partial charge < -0.3 is 14.6 Å². The molecule has 3 aromatic carbocycles. The van der Waals surface area contributed by atoms with Crippen molar-refractivity contribution in [3.8, 4) is 11.8 Å². The van der Waals surface area contributed by atoms with E-state index in [0.717, 1.165) is 11.5 Å². The smallest absolute Gasteiger partial charge is 0.549 e. The number of carboxylic acid groups (broad SMARTS) is 1. The van der Waals surface area contributed by atoms with Gasteiger partial charge in [-0.15, -0.1) is 13.2 Å². The molecule has 3 rings (SSSR count). The van der Waals surface area contributed by atoms with E-state index in [1.165, 1.54) is 18.2 Å². The number of hydrogen-bond acceptors (Lipinski definition) is 4. The van der Waals surface area contributed by atoms with E-state index in [4.69, 9.17) is 0 Å². The van der Waals surface area contributed by atoms with Gasteiger partial charge in [0.15, 0.2) is 0 Å². The van der Waals surface area contributed by atoms with Gasteiger partial charge in [-0.3, -0.25) is 0 Å². The molecular formula is C21H13F3NO3-. The lowest BCUT2D eigenvalue weighted by Crippen LogP contribution is -2.35. The maximum atomic E-state index is 12.9. The Balaban J connectivity index is 2.28. The molecule has 0 saturated heterocycles. The molecule has 0 aliphatic heterocycles. The minimum Gasteiger partial charge on any atom is -0.549 e. The highest BCUT2D eigenvalue weighted by Crippen LogP contribution is 2.41. The molecule has 0 aromatic heterocycles. The number of aliphatic carboxylic acids is 1. The number of carbonyl (C=O) groups is 1. The molecule has 0 N–H and O–H groups in total. The van der Waals surface area contributed by atoms with Crippen molar-refractivity contribution in [1.29, 1.82) is 5.26 Å². The highest BCUT2D eigenvalue weighted by molar-refractivity contribution is 5.88. The second kappa shape index (κ2) is 7.61. The van der Waals surface area contributed by atoms with Crippen molar-refractivity contribution in [1.82, 2.24) is 0 Å². The number of para-hydroxylation sites is 1. The molecule has 28 heavy (non-hydrogen) atoms. The predicted octanol–water partition coefficient (Wildman–Crippen LogP) is 3.76. The van der Waals surface area contributed by atoms with Gasteiger partial charge in [-0.05, 0) is 22.4 Å². The number of nitriles is 1. The molecular weight excluding hydrogens is 371 g/mol. The van der Waals surface area contributed by atoms with Crippen molar-refractivity contribution in [3.63, 3.8) is 0 Å². The van der Waals surface area contributed by atoms with Crippen molar-refractivity contribution >= 4 is 16.7 Å². The van der Waals surface area contributed by atoms with Crippen LogP contribution in [-0.2, 0) is 4.79 Å². The quantitative estimate of drug-likeness (QED) is 0.671. The summed E-state index contributed by atoms with van der Waals surface area (Å²) in [5, 5.41) is 22.5. The number of carbonyl (C=O) groups excluding carboxylic acids is 1. The van der Waals surface area contributed by atoms with Crippen molar-refractivity contribution in [2.75, 3.05) is 0 Å². The third kappa shape index (κ3) is 3.91. The fraction of sp³-hybridized carbons (Fsp3) is 0.143. The molecule has 0 fully saturated rings. The molecule has 4 nitrogen and oxygen atoms in total. The van der Waals surface area contributed by atoms with Gasteiger partial charge in [0, 0.05) is 11.5 Å². The number of nitrogens with zero attached hydrogens (tertiary/aromatic N) is 1. The predicted molar refractivity (Wildman–Crippen MR) is 93.0 cm³/mol. The van der Waals surface area contributed by atoms with Crippen molar-refractivity contribution < 1.29 is 27.8 Å². The van der Waals surface area contributed by atoms with Crippen LogP contribution >= 0.6 is 0 Å². The Labute approximate surface area is 158 Å². The van der Waals surface area contributed by atoms with Gasteiger partial charge in [0.1, 0.15) is 5.75 Å². The average molecular weight is 384 g/mol. The van der Waals surface area contributed by atoms with Crippen LogP contribution in [0.2, 0.25) is 0 Å². The molecule has 142 valence electrons. The largest absolute Gasteiger partial charge is 0.573 e. The van der Waals surface area contributed by atoms with Crippen LogP contribution in [0.1, 0.15) is 17.0 Å². The topological polar surface area (TPSA) is 73.2 Å². The highest BCUT2D eigenvalue weighted by atomic mass is 19.4. The molecule has 0 heterocycles. The molecule has 2 unspecified atom stereocenters. The van der Waals surface area contributed by atoms with Crippen molar-refractivity contribution in [2.45, 2.75) is 12.3 Å². The summed E-state index contributed by atoms with van der Waals surface area (Å²) >= 11 is 0. The lowest BCUT2D eigenvalue weighted by atomic mass is 9.79. The van der Waals surface area contributed by atoms with Gasteiger partial charge in [-0.1, -0.05) is 60.7 Å². The van der Waals surface area contributed by atoms with Crippen LogP contribution in [0.5, 0.6) is 5.75 Å². The Bertz CT molecular complexity index is 1050. The van der Waals surface area contributed by atoms with Crippen LogP contribution in [0.15, 0.2) is 66.7 Å². The van der Waals surface area contributed by atoms with Crippen LogP contribution < -0.4 is 9.84 Å². The summed E-state index contributed by atoms with van der Waals surface area (Å²) in [6.45, 7) is 0. The van der Waals surface area contributed by atoms with Gasteiger partial charge in [-0.2, -0.15) is 5.26 Å². The first kappa shape index (κ1) is 19.2. The number of carboxylic acids is 1. The van der Waals surface area contributed by atoms with Crippen LogP contribution in [0, 0.1) is 17.2 Å². The zero-order valence-corrected chi connectivity index (χ0v) is 14.3. The highest BCUT2D eigenvalue weighted by Gasteiger charge is 2.35. The number of rotatable bonds is 5. The maximum Gasteiger partial charge on any atom is 0.573 e. The van der Waals surface area contributed by atoms with Crippen molar-refractivity contribution in [3.05, 3.63) is 77.9 Å². The number of halogens is 3. The standard InChI is InChI=1S/C21H14F3NO3/c22-21(23,24)28-18-11-4-3-9-16(18)19(17(12-25)20(26)27)15-10-5-7-13-6-1-2-8-14(13)15/h1-11,17,19H,(H,26,27)/p-1. The number of hydrogen-bond donors (Lipinski definition) is 0. The van der Waals surface area contributed by atoms with E-state index in [2.05, 4.69) is 4.74 Å². The molecule has 0 aliphatic rings. The van der Waals surface area contributed by atoms with Crippen LogP contribution in [0.3, 0.4) is 0 Å². The van der Waals surface area contributed by atoms with E-state index in [9.17, 15) is 28.3 Å². The van der Waals surface area contributed by atoms with E-state index in [0.29, 0.717) is 10.9 Å². The van der Waals surface area contributed by atoms with E-state index < -0.39 is 29.9 Å². The maximum absolute atomic E-state index is 12.9. The first-order valence-corrected chi connectivity index (χ1v) is 8.24. The Morgan fingerprint density at radius 3 is 2.25 bits per heavy atom. The second-order valence-corrected chi connectivity index (χ2v) is 6.06. The fourth-order valence-electron chi connectivity index (χ4n) is 3.27. The average Bonchev–Trinajstić information content (AvgIpc) is 2.65. The summed E-state index contributed by atoms with van der Waals surface area (Å²) in [5.74, 6) is -5.18. The SMILES string of the molecule is N#CC(C(=O)[O-])C(c1ccccc1OC(F)(F)F)c1cccc2ccccc12. The van der Waals surface area contributed by atoms with E-state index in [1.54, 1.807) is 48.5 Å². The first-order valence-electron chi connectivity index (χ1n) is 8.24. The van der Waals surface area contributed by atoms with Gasteiger partial charge in [0.05, 0.1) is 18.0 Å². The lowest BCUT2D eigenvalue weighted by Gasteiger charge is -2.27. The summed E-state index contributed by atoms with van der Waals surface area (Å²) in [6.07, 6.45) is -4.97. The Hall–Kier alpha value is -3.53. The minimum atomic E-state index is -4.97. The lowest BCUT2D eigenvalue weighted by molar-refractivity contribution is -0.309. The van der Waals surface area contributed by atoms with E-state index >= 15 is 0 Å². The number of alkyl halides is 3. The fourth-order valence-corrected chi connectivity index (χ4v) is 3.27. The molecule has 0 spiro atoms. The van der Waals surface area contributed by atoms with Crippen LogP contribution in [-0.4, -0.2) is 12.3 Å². The van der Waals surface area contributed by atoms with Crippen LogP contribution in [0.25, 0.3) is 10.8 Å². The summed E-state index contributed by atoms with van der Waals surface area (Å²) in [7, 11) is 0. The minimum absolute atomic E-state index is 0.0630. The first-order chi connectivity index (χ1) is 13.3. The molecule has 7 heteroatoms. The normalized spacial score (nSPS) is 13.5. The van der Waals surface area contributed by atoms with Gasteiger partial charge in [0.2, 0.25) is 0 Å². The third-order valence-electron chi connectivity index (χ3n) is 4.36.